The number of hydrogen-bond acceptors (Lipinski definition) is 3. The molecule has 1 N–H and O–H groups in total. The third kappa shape index (κ3) is 2.61. The normalized spacial score (nSPS) is 18.5. The molecule has 22 heavy (non-hydrogen) atoms. The molecule has 1 unspecified atom stereocenters. The number of nitrogens with zero attached hydrogens (tertiary/aromatic N) is 2. The van der Waals surface area contributed by atoms with Gasteiger partial charge in [0.1, 0.15) is 11.3 Å². The van der Waals surface area contributed by atoms with Gasteiger partial charge < -0.3 is 10.2 Å². The number of carbonyl (C=O) groups excluding carboxylic acids is 1. The Balaban J connectivity index is 2.01. The van der Waals surface area contributed by atoms with E-state index in [1.54, 1.807) is 13.1 Å². The van der Waals surface area contributed by atoms with Crippen molar-refractivity contribution in [1.82, 2.24) is 10.3 Å². The molecule has 6 heteroatoms. The van der Waals surface area contributed by atoms with Crippen LogP contribution in [0.4, 0.5) is 14.5 Å². The number of nitrogens with one attached hydrogen (secondary N) is 1. The van der Waals surface area contributed by atoms with Crippen LogP contribution >= 0.6 is 0 Å². The van der Waals surface area contributed by atoms with Gasteiger partial charge in [0.15, 0.2) is 5.82 Å². The minimum absolute atomic E-state index is 0.000391. The molecule has 1 aromatic heterocycles. The minimum atomic E-state index is -0.670. The Kier molecular flexibility index (Phi) is 3.92. The van der Waals surface area contributed by atoms with Gasteiger partial charge in [0.25, 0.3) is 0 Å². The van der Waals surface area contributed by atoms with E-state index in [0.29, 0.717) is 11.9 Å². The molecule has 0 radical (unpaired) electrons. The number of amides is 1. The number of benzene rings is 1. The smallest absolute Gasteiger partial charge is 0.224 e. The summed E-state index contributed by atoms with van der Waals surface area (Å²) in [6.45, 7) is 1.29. The standard InChI is InChI=1S/C16H17F2N3O/c1-19-16(22)10-3-2-6-21(9-10)14-4-5-20-15-12(14)7-11(17)8-13(15)18/h4-5,7-8,10H,2-3,6,9H2,1H3,(H,19,22). The maximum Gasteiger partial charge on any atom is 0.224 e. The van der Waals surface area contributed by atoms with Gasteiger partial charge in [-0.05, 0) is 25.0 Å². The summed E-state index contributed by atoms with van der Waals surface area (Å²) in [7, 11) is 1.62. The fraction of sp³-hybridized carbons (Fsp3) is 0.375. The van der Waals surface area contributed by atoms with Crippen molar-refractivity contribution in [3.05, 3.63) is 36.0 Å². The number of piperidine rings is 1. The lowest BCUT2D eigenvalue weighted by molar-refractivity contribution is -0.124. The van der Waals surface area contributed by atoms with Crippen molar-refractivity contribution in [1.29, 1.82) is 0 Å². The number of rotatable bonds is 2. The molecule has 1 atom stereocenters. The first-order valence-electron chi connectivity index (χ1n) is 7.30. The molecular formula is C16H17F2N3O. The largest absolute Gasteiger partial charge is 0.370 e. The third-order valence-electron chi connectivity index (χ3n) is 4.12. The van der Waals surface area contributed by atoms with Gasteiger partial charge in [0.2, 0.25) is 5.91 Å². The highest BCUT2D eigenvalue weighted by molar-refractivity contribution is 5.92. The first-order chi connectivity index (χ1) is 10.6. The van der Waals surface area contributed by atoms with Crippen LogP contribution in [0.1, 0.15) is 12.8 Å². The predicted octanol–water partition coefficient (Wildman–Crippen LogP) is 2.48. The van der Waals surface area contributed by atoms with E-state index in [-0.39, 0.29) is 17.3 Å². The van der Waals surface area contributed by atoms with Gasteiger partial charge in [0, 0.05) is 43.5 Å². The fourth-order valence-electron chi connectivity index (χ4n) is 3.05. The molecule has 0 bridgehead atoms. The lowest BCUT2D eigenvalue weighted by atomic mass is 9.96. The van der Waals surface area contributed by atoms with Crippen LogP contribution in [0, 0.1) is 17.6 Å². The number of carbonyl (C=O) groups is 1. The second-order valence-electron chi connectivity index (χ2n) is 5.51. The van der Waals surface area contributed by atoms with Crippen molar-refractivity contribution in [2.45, 2.75) is 12.8 Å². The summed E-state index contributed by atoms with van der Waals surface area (Å²) in [4.78, 5) is 17.9. The van der Waals surface area contributed by atoms with Crippen LogP contribution in [-0.4, -0.2) is 31.0 Å². The van der Waals surface area contributed by atoms with Crippen LogP contribution in [0.2, 0.25) is 0 Å². The Hall–Kier alpha value is -2.24. The van der Waals surface area contributed by atoms with Crippen LogP contribution in [-0.2, 0) is 4.79 Å². The van der Waals surface area contributed by atoms with E-state index >= 15 is 0 Å². The van der Waals surface area contributed by atoms with Crippen molar-refractivity contribution in [3.63, 3.8) is 0 Å². The summed E-state index contributed by atoms with van der Waals surface area (Å²) < 4.78 is 27.4. The van der Waals surface area contributed by atoms with E-state index < -0.39 is 11.6 Å². The van der Waals surface area contributed by atoms with Crippen LogP contribution in [0.15, 0.2) is 24.4 Å². The van der Waals surface area contributed by atoms with Gasteiger partial charge in [-0.2, -0.15) is 0 Å². The summed E-state index contributed by atoms with van der Waals surface area (Å²) in [6, 6.07) is 3.88. The molecule has 0 spiro atoms. The van der Waals surface area contributed by atoms with Gasteiger partial charge in [0.05, 0.1) is 5.92 Å². The molecule has 1 amide bonds. The quantitative estimate of drug-likeness (QED) is 0.927. The lowest BCUT2D eigenvalue weighted by Crippen LogP contribution is -2.42. The van der Waals surface area contributed by atoms with Gasteiger partial charge in [-0.1, -0.05) is 0 Å². The molecule has 1 saturated heterocycles. The first kappa shape index (κ1) is 14.7. The zero-order valence-corrected chi connectivity index (χ0v) is 12.3. The Morgan fingerprint density at radius 1 is 1.41 bits per heavy atom. The number of fused-ring (bicyclic) bond motifs is 1. The molecule has 1 fully saturated rings. The van der Waals surface area contributed by atoms with Crippen LogP contribution < -0.4 is 10.2 Å². The van der Waals surface area contributed by atoms with Crippen LogP contribution in [0.25, 0.3) is 10.9 Å². The molecule has 3 rings (SSSR count). The number of halogens is 2. The molecule has 0 aliphatic carbocycles. The molecule has 2 heterocycles. The molecule has 0 saturated carbocycles. The number of aromatic nitrogens is 1. The average Bonchev–Trinajstić information content (AvgIpc) is 2.53. The number of hydrogen-bond donors (Lipinski definition) is 1. The highest BCUT2D eigenvalue weighted by Gasteiger charge is 2.26. The second kappa shape index (κ2) is 5.87. The topological polar surface area (TPSA) is 45.2 Å². The van der Waals surface area contributed by atoms with E-state index in [4.69, 9.17) is 0 Å². The summed E-state index contributed by atoms with van der Waals surface area (Å²) >= 11 is 0. The summed E-state index contributed by atoms with van der Waals surface area (Å²) in [5, 5.41) is 3.11. The van der Waals surface area contributed by atoms with Crippen molar-refractivity contribution in [3.8, 4) is 0 Å². The summed E-state index contributed by atoms with van der Waals surface area (Å²) in [6.07, 6.45) is 3.20. The van der Waals surface area contributed by atoms with Crippen molar-refractivity contribution >= 4 is 22.5 Å². The monoisotopic (exact) mass is 305 g/mol. The fourth-order valence-corrected chi connectivity index (χ4v) is 3.05. The summed E-state index contributed by atoms with van der Waals surface area (Å²) in [5.41, 5.74) is 0.873. The van der Waals surface area contributed by atoms with Gasteiger partial charge in [-0.15, -0.1) is 0 Å². The van der Waals surface area contributed by atoms with Crippen LogP contribution in [0.5, 0.6) is 0 Å². The SMILES string of the molecule is CNC(=O)C1CCCN(c2ccnc3c(F)cc(F)cc23)C1. The van der Waals surface area contributed by atoms with Crippen molar-refractivity contribution in [2.75, 3.05) is 25.0 Å². The zero-order chi connectivity index (χ0) is 15.7. The third-order valence-corrected chi connectivity index (χ3v) is 4.12. The lowest BCUT2D eigenvalue weighted by Gasteiger charge is -2.34. The van der Waals surface area contributed by atoms with E-state index in [1.807, 2.05) is 4.90 Å². The summed E-state index contributed by atoms with van der Waals surface area (Å²) in [5.74, 6) is -1.41. The van der Waals surface area contributed by atoms with E-state index in [2.05, 4.69) is 10.3 Å². The highest BCUT2D eigenvalue weighted by Crippen LogP contribution is 2.31. The molecule has 1 aliphatic rings. The Labute approximate surface area is 127 Å². The Morgan fingerprint density at radius 3 is 3.00 bits per heavy atom. The number of pyridine rings is 1. The number of anilines is 1. The van der Waals surface area contributed by atoms with Gasteiger partial charge in [-0.25, -0.2) is 8.78 Å². The van der Waals surface area contributed by atoms with Gasteiger partial charge >= 0.3 is 0 Å². The maximum atomic E-state index is 13.9. The second-order valence-corrected chi connectivity index (χ2v) is 5.51. The zero-order valence-electron chi connectivity index (χ0n) is 12.3. The highest BCUT2D eigenvalue weighted by atomic mass is 19.1. The van der Waals surface area contributed by atoms with Gasteiger partial charge in [-0.3, -0.25) is 9.78 Å². The van der Waals surface area contributed by atoms with Crippen LogP contribution in [0.3, 0.4) is 0 Å². The van der Waals surface area contributed by atoms with Crippen molar-refractivity contribution in [2.24, 2.45) is 5.92 Å². The first-order valence-corrected chi connectivity index (χ1v) is 7.30. The minimum Gasteiger partial charge on any atom is -0.370 e. The van der Waals surface area contributed by atoms with E-state index in [9.17, 15) is 13.6 Å². The average molecular weight is 305 g/mol. The molecular weight excluding hydrogens is 288 g/mol. The predicted molar refractivity (Wildman–Crippen MR) is 80.7 cm³/mol. The Bertz CT molecular complexity index is 720. The van der Waals surface area contributed by atoms with E-state index in [1.165, 1.54) is 12.3 Å². The molecule has 1 aliphatic heterocycles. The molecule has 4 nitrogen and oxygen atoms in total. The molecule has 1 aromatic carbocycles. The van der Waals surface area contributed by atoms with Crippen molar-refractivity contribution < 1.29 is 13.6 Å². The Morgan fingerprint density at radius 2 is 2.23 bits per heavy atom. The van der Waals surface area contributed by atoms with E-state index in [0.717, 1.165) is 31.1 Å². The maximum absolute atomic E-state index is 13.9. The molecule has 116 valence electrons. The molecule has 2 aromatic rings.